The van der Waals surface area contributed by atoms with Crippen LogP contribution in [-0.2, 0) is 4.74 Å². The molecule has 1 aromatic rings. The average molecular weight is 340 g/mol. The summed E-state index contributed by atoms with van der Waals surface area (Å²) in [5.41, 5.74) is 0. The maximum absolute atomic E-state index is 5.39. The van der Waals surface area contributed by atoms with Crippen molar-refractivity contribution in [3.8, 4) is 0 Å². The molecule has 2 aliphatic heterocycles. The predicted octanol–water partition coefficient (Wildman–Crippen LogP) is 2.72. The second kappa shape index (κ2) is 8.57. The molecule has 2 heterocycles. The zero-order chi connectivity index (χ0) is 15.2. The van der Waals surface area contributed by atoms with Crippen molar-refractivity contribution in [1.29, 1.82) is 0 Å². The van der Waals surface area contributed by atoms with Gasteiger partial charge < -0.3 is 10.1 Å². The lowest BCUT2D eigenvalue weighted by molar-refractivity contribution is 0.0773. The van der Waals surface area contributed by atoms with Crippen LogP contribution in [0.5, 0.6) is 0 Å². The van der Waals surface area contributed by atoms with Crippen molar-refractivity contribution >= 4 is 23.9 Å². The lowest BCUT2D eigenvalue weighted by Gasteiger charge is -2.30. The standard InChI is InChI=1S/C16H25N3OS2/c1-17-14-6-8-18(9-7-14)21-15-2-4-16(5-3-15)22-19-10-12-20-13-11-19/h2-5,14,17H,6-13H2,1H3. The van der Waals surface area contributed by atoms with Crippen molar-refractivity contribution in [2.45, 2.75) is 28.7 Å². The smallest absolute Gasteiger partial charge is 0.0603 e. The highest BCUT2D eigenvalue weighted by Crippen LogP contribution is 2.29. The Morgan fingerprint density at radius 1 is 0.909 bits per heavy atom. The van der Waals surface area contributed by atoms with Crippen molar-refractivity contribution in [2.24, 2.45) is 0 Å². The first kappa shape index (κ1) is 16.6. The summed E-state index contributed by atoms with van der Waals surface area (Å²) in [7, 11) is 2.07. The van der Waals surface area contributed by atoms with Crippen LogP contribution in [0.2, 0.25) is 0 Å². The molecule has 2 saturated heterocycles. The molecular formula is C16H25N3OS2. The lowest BCUT2D eigenvalue weighted by Crippen LogP contribution is -2.38. The number of hydrogen-bond donors (Lipinski definition) is 1. The number of hydrogen-bond acceptors (Lipinski definition) is 6. The number of piperidine rings is 1. The van der Waals surface area contributed by atoms with Gasteiger partial charge in [0, 0.05) is 42.0 Å². The maximum atomic E-state index is 5.39. The van der Waals surface area contributed by atoms with Crippen LogP contribution >= 0.6 is 23.9 Å². The minimum absolute atomic E-state index is 0.698. The zero-order valence-electron chi connectivity index (χ0n) is 13.2. The Hall–Kier alpha value is -0.240. The Morgan fingerprint density at radius 3 is 1.91 bits per heavy atom. The Morgan fingerprint density at radius 2 is 1.41 bits per heavy atom. The van der Waals surface area contributed by atoms with E-state index in [9.17, 15) is 0 Å². The van der Waals surface area contributed by atoms with Crippen molar-refractivity contribution in [3.63, 3.8) is 0 Å². The molecule has 2 aliphatic rings. The minimum atomic E-state index is 0.698. The van der Waals surface area contributed by atoms with Gasteiger partial charge in [0.05, 0.1) is 13.2 Å². The van der Waals surface area contributed by atoms with Crippen molar-refractivity contribution in [3.05, 3.63) is 24.3 Å². The van der Waals surface area contributed by atoms with E-state index >= 15 is 0 Å². The summed E-state index contributed by atoms with van der Waals surface area (Å²) in [5, 5.41) is 3.38. The molecule has 0 aromatic heterocycles. The van der Waals surface area contributed by atoms with Gasteiger partial charge in [-0.1, -0.05) is 0 Å². The third-order valence-corrected chi connectivity index (χ3v) is 6.34. The van der Waals surface area contributed by atoms with Gasteiger partial charge in [-0.05, 0) is 68.1 Å². The molecule has 0 atom stereocenters. The molecule has 1 aromatic carbocycles. The molecule has 0 unspecified atom stereocenters. The largest absolute Gasteiger partial charge is 0.379 e. The van der Waals surface area contributed by atoms with Gasteiger partial charge in [0.1, 0.15) is 0 Å². The van der Waals surface area contributed by atoms with Crippen LogP contribution in [0.15, 0.2) is 34.1 Å². The van der Waals surface area contributed by atoms with Gasteiger partial charge >= 0.3 is 0 Å². The fourth-order valence-corrected chi connectivity index (χ4v) is 4.57. The van der Waals surface area contributed by atoms with Crippen LogP contribution < -0.4 is 5.32 Å². The van der Waals surface area contributed by atoms with Crippen LogP contribution in [0.25, 0.3) is 0 Å². The van der Waals surface area contributed by atoms with Crippen molar-refractivity contribution in [2.75, 3.05) is 46.4 Å². The molecular weight excluding hydrogens is 314 g/mol. The van der Waals surface area contributed by atoms with Gasteiger partial charge in [0.2, 0.25) is 0 Å². The summed E-state index contributed by atoms with van der Waals surface area (Å²) >= 11 is 3.74. The molecule has 1 N–H and O–H groups in total. The second-order valence-corrected chi connectivity index (χ2v) is 8.03. The predicted molar refractivity (Wildman–Crippen MR) is 94.2 cm³/mol. The van der Waals surface area contributed by atoms with Gasteiger partial charge in [-0.3, -0.25) is 0 Å². The van der Waals surface area contributed by atoms with Crippen LogP contribution in [-0.4, -0.2) is 61.1 Å². The van der Waals surface area contributed by atoms with E-state index in [1.165, 1.54) is 35.7 Å². The topological polar surface area (TPSA) is 27.7 Å². The molecule has 4 nitrogen and oxygen atoms in total. The Bertz CT molecular complexity index is 443. The summed E-state index contributed by atoms with van der Waals surface area (Å²) in [6, 6.07) is 9.67. The van der Waals surface area contributed by atoms with Gasteiger partial charge in [0.15, 0.2) is 0 Å². The van der Waals surface area contributed by atoms with Crippen LogP contribution in [0.4, 0.5) is 0 Å². The van der Waals surface area contributed by atoms with Crippen LogP contribution in [0.1, 0.15) is 12.8 Å². The van der Waals surface area contributed by atoms with E-state index in [1.807, 2.05) is 23.9 Å². The molecule has 0 spiro atoms. The molecule has 0 amide bonds. The first-order valence-corrected chi connectivity index (χ1v) is 9.59. The van der Waals surface area contributed by atoms with Gasteiger partial charge in [-0.2, -0.15) is 0 Å². The van der Waals surface area contributed by atoms with Gasteiger partial charge in [-0.15, -0.1) is 0 Å². The fourth-order valence-electron chi connectivity index (χ4n) is 2.73. The first-order chi connectivity index (χ1) is 10.8. The highest BCUT2D eigenvalue weighted by molar-refractivity contribution is 7.97. The highest BCUT2D eigenvalue weighted by Gasteiger charge is 2.18. The SMILES string of the molecule is CNC1CCN(Sc2ccc(SN3CCOCC3)cc2)CC1. The molecule has 0 aliphatic carbocycles. The summed E-state index contributed by atoms with van der Waals surface area (Å²) < 4.78 is 10.3. The van der Waals surface area contributed by atoms with E-state index in [0.717, 1.165) is 26.3 Å². The molecule has 2 fully saturated rings. The normalized spacial score (nSPS) is 22.0. The Kier molecular flexibility index (Phi) is 6.47. The quantitative estimate of drug-likeness (QED) is 0.829. The average Bonchev–Trinajstić information content (AvgIpc) is 2.58. The number of benzene rings is 1. The zero-order valence-corrected chi connectivity index (χ0v) is 14.8. The number of ether oxygens (including phenoxy) is 1. The van der Waals surface area contributed by atoms with Crippen LogP contribution in [0.3, 0.4) is 0 Å². The van der Waals surface area contributed by atoms with Gasteiger partial charge in [0.25, 0.3) is 0 Å². The number of nitrogens with one attached hydrogen (secondary N) is 1. The Balaban J connectivity index is 1.47. The van der Waals surface area contributed by atoms with E-state index in [1.54, 1.807) is 0 Å². The summed E-state index contributed by atoms with van der Waals surface area (Å²) in [4.78, 5) is 2.66. The molecule has 0 radical (unpaired) electrons. The minimum Gasteiger partial charge on any atom is -0.379 e. The summed E-state index contributed by atoms with van der Waals surface area (Å²) in [6.07, 6.45) is 2.49. The van der Waals surface area contributed by atoms with E-state index in [-0.39, 0.29) is 0 Å². The van der Waals surface area contributed by atoms with E-state index in [4.69, 9.17) is 4.74 Å². The van der Waals surface area contributed by atoms with Crippen LogP contribution in [0, 0.1) is 0 Å². The Labute approximate surface area is 142 Å². The molecule has 3 rings (SSSR count). The second-order valence-electron chi connectivity index (χ2n) is 5.69. The lowest BCUT2D eigenvalue weighted by atomic mass is 10.1. The molecule has 0 saturated carbocycles. The third-order valence-electron chi connectivity index (χ3n) is 4.12. The summed E-state index contributed by atoms with van der Waals surface area (Å²) in [5.74, 6) is 0. The fraction of sp³-hybridized carbons (Fsp3) is 0.625. The van der Waals surface area contributed by atoms with E-state index in [2.05, 4.69) is 45.2 Å². The molecule has 122 valence electrons. The molecule has 6 heteroatoms. The van der Waals surface area contributed by atoms with Crippen molar-refractivity contribution < 1.29 is 4.74 Å². The van der Waals surface area contributed by atoms with E-state index < -0.39 is 0 Å². The van der Waals surface area contributed by atoms with Gasteiger partial charge in [-0.25, -0.2) is 8.61 Å². The molecule has 0 bridgehead atoms. The number of nitrogens with zero attached hydrogens (tertiary/aromatic N) is 2. The maximum Gasteiger partial charge on any atom is 0.0603 e. The summed E-state index contributed by atoms with van der Waals surface area (Å²) in [6.45, 7) is 6.07. The number of rotatable bonds is 5. The highest BCUT2D eigenvalue weighted by atomic mass is 32.2. The van der Waals surface area contributed by atoms with Crippen molar-refractivity contribution in [1.82, 2.24) is 13.9 Å². The third kappa shape index (κ3) is 4.88. The molecule has 22 heavy (non-hydrogen) atoms. The number of morpholine rings is 1. The first-order valence-electron chi connectivity index (χ1n) is 8.04. The van der Waals surface area contributed by atoms with E-state index in [0.29, 0.717) is 6.04 Å². The monoisotopic (exact) mass is 339 g/mol.